The molecule has 2 unspecified atom stereocenters. The summed E-state index contributed by atoms with van der Waals surface area (Å²) in [5, 5.41) is 5.43. The molecule has 2 aromatic rings. The maximum atomic E-state index is 12.1. The number of hydrogen-bond donors (Lipinski definition) is 2. The van der Waals surface area contributed by atoms with Crippen molar-refractivity contribution in [3.63, 3.8) is 0 Å². The lowest BCUT2D eigenvalue weighted by Gasteiger charge is -2.10. The lowest BCUT2D eigenvalue weighted by atomic mass is 10.0. The Balaban J connectivity index is 1.71. The number of hydrogen-bond acceptors (Lipinski definition) is 4. The Kier molecular flexibility index (Phi) is 4.87. The van der Waals surface area contributed by atoms with E-state index in [0.717, 1.165) is 27.4 Å². The zero-order valence-corrected chi connectivity index (χ0v) is 14.4. The highest BCUT2D eigenvalue weighted by Gasteiger charge is 2.17. The minimum absolute atomic E-state index is 0.0460. The Morgan fingerprint density at radius 1 is 1.50 bits per heavy atom. The molecule has 0 bridgehead atoms. The monoisotopic (exact) mass is 352 g/mol. The lowest BCUT2D eigenvalue weighted by Crippen LogP contribution is -2.16. The standard InChI is InChI=1S/C15H16N2O2S3/c1-10-7-12-8-11(4-5-13(12)17-15(20)19-10)9-16-22(18)14-3-2-6-21-14/h2-6,8,10,16H,7,9H2,1H3,(H,17,20). The SMILES string of the molecule is CC1Cc2cc(CNS(=O)c3cccs3)ccc2NC(=S)O1. The molecule has 0 saturated carbocycles. The van der Waals surface area contributed by atoms with E-state index in [9.17, 15) is 4.21 Å². The molecule has 1 aliphatic rings. The number of thiophene rings is 1. The molecule has 1 aliphatic heterocycles. The number of anilines is 1. The van der Waals surface area contributed by atoms with E-state index >= 15 is 0 Å². The van der Waals surface area contributed by atoms with Crippen molar-refractivity contribution >= 4 is 45.4 Å². The van der Waals surface area contributed by atoms with Gasteiger partial charge in [-0.05, 0) is 47.8 Å². The Morgan fingerprint density at radius 3 is 3.14 bits per heavy atom. The van der Waals surface area contributed by atoms with Crippen molar-refractivity contribution in [2.45, 2.75) is 30.2 Å². The van der Waals surface area contributed by atoms with E-state index in [4.69, 9.17) is 17.0 Å². The van der Waals surface area contributed by atoms with Crippen LogP contribution in [0.15, 0.2) is 39.9 Å². The molecule has 7 heteroatoms. The average molecular weight is 353 g/mol. The molecule has 22 heavy (non-hydrogen) atoms. The van der Waals surface area contributed by atoms with Gasteiger partial charge in [-0.1, -0.05) is 18.2 Å². The minimum atomic E-state index is -1.16. The molecule has 2 heterocycles. The van der Waals surface area contributed by atoms with Gasteiger partial charge in [-0.2, -0.15) is 0 Å². The number of benzene rings is 1. The van der Waals surface area contributed by atoms with Crippen molar-refractivity contribution in [1.29, 1.82) is 0 Å². The smallest absolute Gasteiger partial charge is 0.261 e. The third-order valence-electron chi connectivity index (χ3n) is 3.31. The summed E-state index contributed by atoms with van der Waals surface area (Å²) in [5.41, 5.74) is 3.23. The topological polar surface area (TPSA) is 50.4 Å². The van der Waals surface area contributed by atoms with E-state index in [1.807, 2.05) is 36.6 Å². The molecule has 0 radical (unpaired) electrons. The van der Waals surface area contributed by atoms with Crippen LogP contribution in [0.4, 0.5) is 5.69 Å². The lowest BCUT2D eigenvalue weighted by molar-refractivity contribution is 0.217. The fourth-order valence-electron chi connectivity index (χ4n) is 2.31. The van der Waals surface area contributed by atoms with Crippen LogP contribution >= 0.6 is 23.6 Å². The molecule has 2 N–H and O–H groups in total. The van der Waals surface area contributed by atoms with Crippen LogP contribution in [0, 0.1) is 0 Å². The third kappa shape index (κ3) is 3.73. The summed E-state index contributed by atoms with van der Waals surface area (Å²) in [4.78, 5) is 0. The van der Waals surface area contributed by atoms with Gasteiger partial charge >= 0.3 is 0 Å². The maximum Gasteiger partial charge on any atom is 0.261 e. The number of nitrogens with one attached hydrogen (secondary N) is 2. The number of thiocarbonyl (C=S) groups is 1. The first-order valence-corrected chi connectivity index (χ1v) is 9.34. The molecular formula is C15H16N2O2S3. The van der Waals surface area contributed by atoms with Gasteiger partial charge in [0.15, 0.2) is 0 Å². The van der Waals surface area contributed by atoms with E-state index in [1.165, 1.54) is 11.3 Å². The van der Waals surface area contributed by atoms with Gasteiger partial charge in [0.2, 0.25) is 0 Å². The summed E-state index contributed by atoms with van der Waals surface area (Å²) >= 11 is 6.61. The van der Waals surface area contributed by atoms with E-state index in [1.54, 1.807) is 0 Å². The van der Waals surface area contributed by atoms with Crippen molar-refractivity contribution in [3.8, 4) is 0 Å². The molecule has 0 amide bonds. The highest BCUT2D eigenvalue weighted by molar-refractivity contribution is 7.85. The second-order valence-corrected chi connectivity index (χ2v) is 7.90. The van der Waals surface area contributed by atoms with Gasteiger partial charge in [0, 0.05) is 18.7 Å². The number of rotatable bonds is 4. The summed E-state index contributed by atoms with van der Waals surface area (Å²) < 4.78 is 21.5. The van der Waals surface area contributed by atoms with E-state index < -0.39 is 11.0 Å². The molecule has 4 nitrogen and oxygen atoms in total. The molecule has 0 fully saturated rings. The van der Waals surface area contributed by atoms with Crippen molar-refractivity contribution in [1.82, 2.24) is 4.72 Å². The molecule has 0 spiro atoms. The molecule has 3 rings (SSSR count). The first kappa shape index (κ1) is 15.6. The van der Waals surface area contributed by atoms with Gasteiger partial charge in [-0.3, -0.25) is 0 Å². The zero-order chi connectivity index (χ0) is 15.5. The second-order valence-electron chi connectivity index (χ2n) is 5.06. The Labute approximate surface area is 141 Å². The molecular weight excluding hydrogens is 336 g/mol. The van der Waals surface area contributed by atoms with Crippen LogP contribution in [0.1, 0.15) is 18.1 Å². The number of ether oxygens (including phenoxy) is 1. The van der Waals surface area contributed by atoms with Crippen LogP contribution in [0.5, 0.6) is 0 Å². The van der Waals surface area contributed by atoms with E-state index in [2.05, 4.69) is 16.1 Å². The molecule has 1 aromatic heterocycles. The summed E-state index contributed by atoms with van der Waals surface area (Å²) in [6.07, 6.45) is 0.842. The summed E-state index contributed by atoms with van der Waals surface area (Å²) in [7, 11) is -1.16. The summed E-state index contributed by atoms with van der Waals surface area (Å²) in [6.45, 7) is 2.55. The van der Waals surface area contributed by atoms with Crippen LogP contribution in [0.2, 0.25) is 0 Å². The van der Waals surface area contributed by atoms with Crippen LogP contribution in [-0.4, -0.2) is 15.5 Å². The normalized spacial score (nSPS) is 18.8. The highest BCUT2D eigenvalue weighted by atomic mass is 32.2. The second kappa shape index (κ2) is 6.87. The molecule has 0 saturated heterocycles. The van der Waals surface area contributed by atoms with Crippen molar-refractivity contribution in [2.75, 3.05) is 5.32 Å². The van der Waals surface area contributed by atoms with Crippen LogP contribution in [-0.2, 0) is 28.7 Å². The number of fused-ring (bicyclic) bond motifs is 1. The van der Waals surface area contributed by atoms with Gasteiger partial charge in [-0.15, -0.1) is 11.3 Å². The van der Waals surface area contributed by atoms with Crippen LogP contribution in [0.25, 0.3) is 0 Å². The largest absolute Gasteiger partial charge is 0.467 e. The average Bonchev–Trinajstić information content (AvgIpc) is 2.96. The van der Waals surface area contributed by atoms with Crippen LogP contribution < -0.4 is 10.0 Å². The fraction of sp³-hybridized carbons (Fsp3) is 0.267. The van der Waals surface area contributed by atoms with Gasteiger partial charge < -0.3 is 10.1 Å². The van der Waals surface area contributed by atoms with Crippen molar-refractivity contribution < 1.29 is 8.95 Å². The predicted octanol–water partition coefficient (Wildman–Crippen LogP) is 3.22. The molecule has 2 atom stereocenters. The minimum Gasteiger partial charge on any atom is -0.467 e. The maximum absolute atomic E-state index is 12.1. The quantitative estimate of drug-likeness (QED) is 0.830. The van der Waals surface area contributed by atoms with Gasteiger partial charge in [0.05, 0.1) is 0 Å². The summed E-state index contributed by atoms with van der Waals surface area (Å²) in [6, 6.07) is 9.87. The van der Waals surface area contributed by atoms with E-state index in [-0.39, 0.29) is 6.10 Å². The zero-order valence-electron chi connectivity index (χ0n) is 12.0. The van der Waals surface area contributed by atoms with Gasteiger partial charge in [0.25, 0.3) is 5.17 Å². The predicted molar refractivity (Wildman–Crippen MR) is 94.5 cm³/mol. The van der Waals surface area contributed by atoms with Crippen molar-refractivity contribution in [3.05, 3.63) is 46.8 Å². The van der Waals surface area contributed by atoms with Gasteiger partial charge in [0.1, 0.15) is 21.3 Å². The van der Waals surface area contributed by atoms with Crippen molar-refractivity contribution in [2.24, 2.45) is 0 Å². The first-order valence-electron chi connectivity index (χ1n) is 6.90. The highest BCUT2D eigenvalue weighted by Crippen LogP contribution is 2.24. The van der Waals surface area contributed by atoms with E-state index in [0.29, 0.717) is 11.7 Å². The molecule has 1 aromatic carbocycles. The fourth-order valence-corrected chi connectivity index (χ4v) is 4.37. The van der Waals surface area contributed by atoms with Crippen LogP contribution in [0.3, 0.4) is 0 Å². The Bertz CT molecular complexity index is 701. The Hall–Kier alpha value is -1.28. The van der Waals surface area contributed by atoms with Gasteiger partial charge in [-0.25, -0.2) is 8.93 Å². The summed E-state index contributed by atoms with van der Waals surface area (Å²) in [5.74, 6) is 0. The molecule has 116 valence electrons. The Morgan fingerprint density at radius 2 is 2.36 bits per heavy atom. The molecule has 0 aliphatic carbocycles. The third-order valence-corrected chi connectivity index (χ3v) is 5.82. The first-order chi connectivity index (χ1) is 10.6.